The highest BCUT2D eigenvalue weighted by molar-refractivity contribution is 5.72. The molecule has 2 aromatic heterocycles. The number of hydrogen-bond donors (Lipinski definition) is 2. The van der Waals surface area contributed by atoms with E-state index in [-0.39, 0.29) is 0 Å². The SMILES string of the molecule is N#Cc1ccc(Oc2cn[nH]c2-c2ccccc2OCc2cn[nH]c2)cc1. The lowest BCUT2D eigenvalue weighted by Crippen LogP contribution is -1.96. The van der Waals surface area contributed by atoms with Crippen molar-refractivity contribution in [2.45, 2.75) is 6.61 Å². The molecule has 0 aliphatic heterocycles. The number of hydrogen-bond acceptors (Lipinski definition) is 5. The Labute approximate surface area is 155 Å². The molecule has 2 N–H and O–H groups in total. The summed E-state index contributed by atoms with van der Waals surface area (Å²) in [6.45, 7) is 0.396. The number of aromatic amines is 2. The van der Waals surface area contributed by atoms with Crippen LogP contribution < -0.4 is 9.47 Å². The first-order chi connectivity index (χ1) is 13.3. The summed E-state index contributed by atoms with van der Waals surface area (Å²) in [6.07, 6.45) is 5.12. The first kappa shape index (κ1) is 16.4. The third kappa shape index (κ3) is 3.65. The summed E-state index contributed by atoms with van der Waals surface area (Å²) < 4.78 is 11.9. The maximum Gasteiger partial charge on any atom is 0.173 e. The Morgan fingerprint density at radius 1 is 0.963 bits per heavy atom. The average molecular weight is 357 g/mol. The van der Waals surface area contributed by atoms with E-state index in [0.29, 0.717) is 35.1 Å². The van der Waals surface area contributed by atoms with Gasteiger partial charge in [0.05, 0.1) is 24.0 Å². The number of nitrogens with one attached hydrogen (secondary N) is 2. The Morgan fingerprint density at radius 3 is 2.59 bits per heavy atom. The van der Waals surface area contributed by atoms with Gasteiger partial charge in [0.1, 0.15) is 23.8 Å². The van der Waals surface area contributed by atoms with Crippen LogP contribution in [0.3, 0.4) is 0 Å². The summed E-state index contributed by atoms with van der Waals surface area (Å²) in [5.41, 5.74) is 3.07. The van der Waals surface area contributed by atoms with Crippen LogP contribution in [0.15, 0.2) is 67.1 Å². The van der Waals surface area contributed by atoms with Gasteiger partial charge in [0.25, 0.3) is 0 Å². The zero-order valence-corrected chi connectivity index (χ0v) is 14.2. The van der Waals surface area contributed by atoms with Crippen LogP contribution in [-0.4, -0.2) is 20.4 Å². The Balaban J connectivity index is 1.59. The van der Waals surface area contributed by atoms with Crippen LogP contribution in [0.2, 0.25) is 0 Å². The van der Waals surface area contributed by atoms with Gasteiger partial charge in [-0.3, -0.25) is 10.2 Å². The van der Waals surface area contributed by atoms with E-state index in [0.717, 1.165) is 11.1 Å². The lowest BCUT2D eigenvalue weighted by atomic mass is 10.1. The molecule has 0 atom stereocenters. The van der Waals surface area contributed by atoms with Crippen molar-refractivity contribution in [3.8, 4) is 34.6 Å². The molecule has 4 aromatic rings. The molecule has 2 aromatic carbocycles. The van der Waals surface area contributed by atoms with E-state index in [2.05, 4.69) is 26.5 Å². The van der Waals surface area contributed by atoms with Crippen LogP contribution in [0, 0.1) is 11.3 Å². The maximum absolute atomic E-state index is 8.90. The van der Waals surface area contributed by atoms with E-state index in [9.17, 15) is 0 Å². The van der Waals surface area contributed by atoms with Gasteiger partial charge in [-0.2, -0.15) is 15.5 Å². The molecule has 4 rings (SSSR count). The summed E-state index contributed by atoms with van der Waals surface area (Å²) in [5, 5.41) is 22.7. The minimum Gasteiger partial charge on any atom is -0.488 e. The summed E-state index contributed by atoms with van der Waals surface area (Å²) in [4.78, 5) is 0. The molecular formula is C20H15N5O2. The Bertz CT molecular complexity index is 1060. The van der Waals surface area contributed by atoms with Gasteiger partial charge in [-0.1, -0.05) is 12.1 Å². The molecule has 132 valence electrons. The topological polar surface area (TPSA) is 99.6 Å². The normalized spacial score (nSPS) is 10.3. The number of rotatable bonds is 6. The van der Waals surface area contributed by atoms with Crippen LogP contribution in [0.25, 0.3) is 11.3 Å². The number of benzene rings is 2. The van der Waals surface area contributed by atoms with Crippen molar-refractivity contribution in [2.75, 3.05) is 0 Å². The van der Waals surface area contributed by atoms with Gasteiger partial charge in [-0.15, -0.1) is 0 Å². The Kier molecular flexibility index (Phi) is 4.53. The first-order valence-corrected chi connectivity index (χ1v) is 8.25. The second kappa shape index (κ2) is 7.45. The molecule has 0 unspecified atom stereocenters. The third-order valence-electron chi connectivity index (χ3n) is 3.92. The van der Waals surface area contributed by atoms with Crippen LogP contribution in [0.1, 0.15) is 11.1 Å². The molecular weight excluding hydrogens is 342 g/mol. The fourth-order valence-electron chi connectivity index (χ4n) is 2.59. The molecule has 27 heavy (non-hydrogen) atoms. The maximum atomic E-state index is 8.90. The van der Waals surface area contributed by atoms with E-state index < -0.39 is 0 Å². The van der Waals surface area contributed by atoms with E-state index in [1.807, 2.05) is 24.3 Å². The number of nitrogens with zero attached hydrogens (tertiary/aromatic N) is 3. The summed E-state index contributed by atoms with van der Waals surface area (Å²) in [6, 6.07) is 16.6. The summed E-state index contributed by atoms with van der Waals surface area (Å²) in [7, 11) is 0. The Hall–Kier alpha value is -4.05. The van der Waals surface area contributed by atoms with Crippen LogP contribution >= 0.6 is 0 Å². The first-order valence-electron chi connectivity index (χ1n) is 8.25. The van der Waals surface area contributed by atoms with Crippen molar-refractivity contribution < 1.29 is 9.47 Å². The summed E-state index contributed by atoms with van der Waals surface area (Å²) in [5.74, 6) is 1.89. The highest BCUT2D eigenvalue weighted by Crippen LogP contribution is 2.36. The van der Waals surface area contributed by atoms with Crippen molar-refractivity contribution in [1.29, 1.82) is 5.26 Å². The van der Waals surface area contributed by atoms with Crippen molar-refractivity contribution in [1.82, 2.24) is 20.4 Å². The van der Waals surface area contributed by atoms with Gasteiger partial charge < -0.3 is 9.47 Å². The number of ether oxygens (including phenoxy) is 2. The number of nitriles is 1. The lowest BCUT2D eigenvalue weighted by Gasteiger charge is -2.11. The smallest absolute Gasteiger partial charge is 0.173 e. The predicted molar refractivity (Wildman–Crippen MR) is 98.2 cm³/mol. The molecule has 0 radical (unpaired) electrons. The zero-order chi connectivity index (χ0) is 18.5. The number of para-hydroxylation sites is 1. The summed E-state index contributed by atoms with van der Waals surface area (Å²) >= 11 is 0. The van der Waals surface area contributed by atoms with Gasteiger partial charge in [0.15, 0.2) is 5.75 Å². The van der Waals surface area contributed by atoms with Crippen molar-refractivity contribution >= 4 is 0 Å². The Morgan fingerprint density at radius 2 is 1.81 bits per heavy atom. The van der Waals surface area contributed by atoms with Gasteiger partial charge in [-0.05, 0) is 36.4 Å². The van der Waals surface area contributed by atoms with Gasteiger partial charge in [0, 0.05) is 17.3 Å². The molecule has 0 spiro atoms. The zero-order valence-electron chi connectivity index (χ0n) is 14.2. The minimum atomic E-state index is 0.396. The van der Waals surface area contributed by atoms with E-state index >= 15 is 0 Å². The fraction of sp³-hybridized carbons (Fsp3) is 0.0500. The molecule has 0 fully saturated rings. The average Bonchev–Trinajstić information content (AvgIpc) is 3.39. The molecule has 0 amide bonds. The molecule has 0 saturated heterocycles. The van der Waals surface area contributed by atoms with Crippen molar-refractivity contribution in [3.05, 3.63) is 78.2 Å². The van der Waals surface area contributed by atoms with Gasteiger partial charge >= 0.3 is 0 Å². The minimum absolute atomic E-state index is 0.396. The number of aromatic nitrogens is 4. The lowest BCUT2D eigenvalue weighted by molar-refractivity contribution is 0.307. The van der Waals surface area contributed by atoms with E-state index in [4.69, 9.17) is 14.7 Å². The molecule has 2 heterocycles. The van der Waals surface area contributed by atoms with Gasteiger partial charge in [-0.25, -0.2) is 0 Å². The highest BCUT2D eigenvalue weighted by Gasteiger charge is 2.15. The van der Waals surface area contributed by atoms with Crippen LogP contribution in [-0.2, 0) is 6.61 Å². The molecule has 7 nitrogen and oxygen atoms in total. The van der Waals surface area contributed by atoms with Crippen molar-refractivity contribution in [2.24, 2.45) is 0 Å². The quantitative estimate of drug-likeness (QED) is 0.542. The second-order valence-corrected chi connectivity index (χ2v) is 5.74. The van der Waals surface area contributed by atoms with Crippen molar-refractivity contribution in [3.63, 3.8) is 0 Å². The van der Waals surface area contributed by atoms with Crippen LogP contribution in [0.4, 0.5) is 0 Å². The van der Waals surface area contributed by atoms with E-state index in [1.165, 1.54) is 0 Å². The molecule has 7 heteroatoms. The second-order valence-electron chi connectivity index (χ2n) is 5.74. The molecule has 0 saturated carbocycles. The molecule has 0 aliphatic rings. The monoisotopic (exact) mass is 357 g/mol. The predicted octanol–water partition coefficient (Wildman–Crippen LogP) is 4.04. The third-order valence-corrected chi connectivity index (χ3v) is 3.92. The standard InChI is InChI=1S/C20H15N5O2/c21-9-14-5-7-16(8-6-14)27-19-12-24-25-20(19)17-3-1-2-4-18(17)26-13-15-10-22-23-11-15/h1-8,10-12H,13H2,(H,22,23)(H,24,25). The molecule has 0 bridgehead atoms. The van der Waals surface area contributed by atoms with Gasteiger partial charge in [0.2, 0.25) is 0 Å². The molecule has 0 aliphatic carbocycles. The van der Waals surface area contributed by atoms with E-state index in [1.54, 1.807) is 42.9 Å². The highest BCUT2D eigenvalue weighted by atomic mass is 16.5. The largest absolute Gasteiger partial charge is 0.488 e. The van der Waals surface area contributed by atoms with Crippen LogP contribution in [0.5, 0.6) is 17.2 Å². The fourth-order valence-corrected chi connectivity index (χ4v) is 2.59. The number of H-pyrrole nitrogens is 2.